The van der Waals surface area contributed by atoms with Crippen LogP contribution in [-0.4, -0.2) is 146 Å². The van der Waals surface area contributed by atoms with Crippen LogP contribution >= 0.6 is 50.9 Å². The number of nitriles is 1. The Bertz CT molecular complexity index is 5310. The third-order valence-corrected chi connectivity index (χ3v) is 20.5. The van der Waals surface area contributed by atoms with Crippen molar-refractivity contribution in [1.82, 2.24) is 68.4 Å². The number of aryl methyl sites for hydroxylation is 1. The number of anilines is 3. The predicted molar refractivity (Wildman–Crippen MR) is 491 cm³/mol. The van der Waals surface area contributed by atoms with E-state index in [1.165, 1.54) is 6.20 Å². The molecule has 0 radical (unpaired) electrons. The molecule has 28 nitrogen and oxygen atoms in total. The van der Waals surface area contributed by atoms with E-state index in [1.807, 2.05) is 114 Å². The van der Waals surface area contributed by atoms with E-state index >= 15 is 0 Å². The largest absolute Gasteiger partial charge is 1.00 e. The Hall–Kier alpha value is -9.92. The number of alkyl halides is 1. The van der Waals surface area contributed by atoms with Gasteiger partial charge in [0, 0.05) is 213 Å². The summed E-state index contributed by atoms with van der Waals surface area (Å²) < 4.78 is 12.1. The number of ether oxygens (including phenoxy) is 1. The molecule has 0 bridgehead atoms. The van der Waals surface area contributed by atoms with Crippen molar-refractivity contribution >= 4 is 86.5 Å². The van der Waals surface area contributed by atoms with Gasteiger partial charge in [0.25, 0.3) is 22.2 Å². The molecule has 5 aliphatic rings. The van der Waals surface area contributed by atoms with Gasteiger partial charge < -0.3 is 42.3 Å². The van der Waals surface area contributed by atoms with Gasteiger partial charge in [-0.05, 0) is 127 Å². The summed E-state index contributed by atoms with van der Waals surface area (Å²) in [5.74, 6) is 2.81. The van der Waals surface area contributed by atoms with Gasteiger partial charge in [-0.1, -0.05) is 126 Å². The molecule has 14 rings (SSSR count). The zero-order valence-corrected chi connectivity index (χ0v) is 78.9. The van der Waals surface area contributed by atoms with Crippen molar-refractivity contribution in [3.8, 4) is 51.1 Å². The molecule has 5 aliphatic heterocycles. The van der Waals surface area contributed by atoms with Gasteiger partial charge in [0.05, 0.1) is 29.4 Å². The summed E-state index contributed by atoms with van der Waals surface area (Å²) in [5, 5.41) is 18.6. The molecule has 0 fully saturated rings. The number of fused-ring (bicyclic) bond motifs is 4. The Labute approximate surface area is 750 Å². The number of esters is 1. The van der Waals surface area contributed by atoms with Gasteiger partial charge in [0.15, 0.2) is 11.7 Å². The molecule has 0 atom stereocenters. The molecule has 121 heavy (non-hydrogen) atoms. The number of hydrogen-bond donors (Lipinski definition) is 2. The Kier molecular flexibility index (Phi) is 38.0. The topological polar surface area (TPSA) is 355 Å². The van der Waals surface area contributed by atoms with E-state index in [1.54, 1.807) is 55.8 Å². The molecular formula is C89H117BrClCuIN21O7. The number of nitrogens with one attached hydrogen (secondary N) is 1. The average molecular weight is 1900 g/mol. The molecule has 0 saturated carbocycles. The summed E-state index contributed by atoms with van der Waals surface area (Å²) in [6.45, 7) is 45.8. The molecule has 14 heterocycles. The van der Waals surface area contributed by atoms with Crippen LogP contribution in [0.1, 0.15) is 206 Å². The van der Waals surface area contributed by atoms with Gasteiger partial charge in [0.2, 0.25) is 17.8 Å². The molecule has 0 saturated heterocycles. The summed E-state index contributed by atoms with van der Waals surface area (Å²) in [6.07, 6.45) is 15.4. The Morgan fingerprint density at radius 3 is 1.30 bits per heavy atom. The number of halogens is 3. The minimum Gasteiger partial charge on any atom is -0.512 e. The Balaban J connectivity index is 0.000000260. The number of carbonyl (C=O) groups excluding carboxylic acids is 2. The second-order valence-corrected chi connectivity index (χ2v) is 35.2. The number of hydrogen-bond acceptors (Lipinski definition) is 24. The third-order valence-electron chi connectivity index (χ3n) is 19.8. The summed E-state index contributed by atoms with van der Waals surface area (Å²) in [4.78, 5) is 126. The molecule has 3 N–H and O–H groups in total. The van der Waals surface area contributed by atoms with Gasteiger partial charge in [-0.2, -0.15) is 5.26 Å². The standard InChI is InChI=1S/C18H21N5O.C17H21BrN4O.C17H22N4O.C17H21N3O.C14H19NO3.C4H9N3.CH3I.CN.ClH.Cu/c1-18(2,3)14-7-6-12(11-20-14)15-13(10-19)16(24)23-9-5-8-22(4)17(23)21-15;1-17(2,3)12-7-6-11(10-19-12)14-13(18)15(23)22-9-5-8-21(4)16(22)20-14;1-17(2,3)14-7-6-12(11-18-14)13-10-15(22)21-9-5-8-20(4)16(21)19-13;1-17(2,3)14-8-7-12(11-18-14)13-10-16(21)20-9-5-4-6-15(20)19-13;1-5-18-13(17)8-11(16)10-6-7-12(15-9-10)14(2,3)4;5-4-6-2-1-3-7-4;2*1-2;;/h6-7,11H,5,8-9H2,1-4H3;6-7,10H,5,8-9H2,1-4H3;6-7,10-11H,5,8-9H2,1-4H3;7-8,10-11H,4-6,9H2,1-3H3;6-7,9H,5,8H2,1-4H3;1-3H2,(H3,5,6,7);1H3;;1H;/q;;;;;;;-1;;+1. The molecule has 0 spiro atoms. The third kappa shape index (κ3) is 27.5. The SMILES string of the molecule is CC(C)(C)c1ccc(-c2cc(=O)n3c(n2)CCCC3)cn1.CCOC(=O)CC(=O)c1ccc(C(C)(C)C)nc1.CI.CN1CCCn2c1nc(-c1ccc(C(C)(C)C)nc1)c(Br)c2=O.CN1CCCn2c1nc(-c1ccc(C(C)(C)C)nc1)c(C#N)c2=O.CN1CCCn2c1nc(-c1ccc(C(C)(C)C)nc1)cc2=O.Cl.NC1=NCCCN1.[C-]#N.[Cu+]. The maximum absolute atomic E-state index is 12.7. The first-order chi connectivity index (χ1) is 56.2. The van der Waals surface area contributed by atoms with Crippen molar-refractivity contribution in [3.63, 3.8) is 0 Å². The van der Waals surface area contributed by atoms with Crippen LogP contribution in [0, 0.1) is 23.2 Å². The van der Waals surface area contributed by atoms with Crippen LogP contribution < -0.4 is 48.0 Å². The maximum atomic E-state index is 12.7. The molecule has 9 aromatic rings. The zero-order chi connectivity index (χ0) is 88.1. The number of aliphatic imine (C=N–C) groups is 1. The van der Waals surface area contributed by atoms with E-state index in [9.17, 15) is 34.0 Å². The fourth-order valence-electron chi connectivity index (χ4n) is 13.0. The van der Waals surface area contributed by atoms with Crippen LogP contribution in [0.3, 0.4) is 0 Å². The molecule has 0 amide bonds. The molecule has 0 unspecified atom stereocenters. The van der Waals surface area contributed by atoms with Crippen LogP contribution in [0.25, 0.3) is 45.0 Å². The number of guanidine groups is 1. The van der Waals surface area contributed by atoms with Crippen LogP contribution in [0.4, 0.5) is 17.8 Å². The van der Waals surface area contributed by atoms with Gasteiger partial charge in [-0.3, -0.25) is 76.9 Å². The van der Waals surface area contributed by atoms with Crippen molar-refractivity contribution in [3.05, 3.63) is 202 Å². The molecule has 0 aromatic carbocycles. The first kappa shape index (κ1) is 102. The number of nitrogens with zero attached hydrogens (tertiary/aromatic N) is 19. The monoisotopic (exact) mass is 1900 g/mol. The molecule has 32 heteroatoms. The predicted octanol–water partition coefficient (Wildman–Crippen LogP) is 14.3. The van der Waals surface area contributed by atoms with E-state index in [-0.39, 0.29) is 103 Å². The van der Waals surface area contributed by atoms with Crippen molar-refractivity contribution in [2.24, 2.45) is 10.7 Å². The van der Waals surface area contributed by atoms with Gasteiger partial charge in [0.1, 0.15) is 28.4 Å². The van der Waals surface area contributed by atoms with Gasteiger partial charge in [-0.25, -0.2) is 19.9 Å². The molecular weight excluding hydrogens is 1780 g/mol. The quantitative estimate of drug-likeness (QED) is 0.0271. The van der Waals surface area contributed by atoms with Crippen LogP contribution in [0.2, 0.25) is 0 Å². The van der Waals surface area contributed by atoms with E-state index in [4.69, 9.17) is 27.3 Å². The Morgan fingerprint density at radius 1 is 0.521 bits per heavy atom. The number of rotatable bonds is 8. The van der Waals surface area contributed by atoms with Crippen molar-refractivity contribution in [2.45, 2.75) is 215 Å². The normalized spacial score (nSPS) is 13.8. The van der Waals surface area contributed by atoms with E-state index < -0.39 is 5.97 Å². The number of carbonyl (C=O) groups is 2. The number of ketones is 1. The van der Waals surface area contributed by atoms with Crippen LogP contribution in [0.5, 0.6) is 0 Å². The number of Topliss-reactive ketones (excluding diaryl/α,β-unsaturated/α-hetero) is 1. The minimum atomic E-state index is -0.498. The van der Waals surface area contributed by atoms with Crippen LogP contribution in [0.15, 0.2) is 132 Å². The fraction of sp³-hybridized carbons (Fsp3) is 0.483. The number of aromatic nitrogens is 13. The second kappa shape index (κ2) is 45.3. The Morgan fingerprint density at radius 2 is 0.909 bits per heavy atom. The van der Waals surface area contributed by atoms with Gasteiger partial charge >= 0.3 is 23.0 Å². The molecule has 652 valence electrons. The van der Waals surface area contributed by atoms with Crippen LogP contribution in [-0.2, 0) is 86.3 Å². The number of nitrogens with two attached hydrogens (primary N) is 1. The summed E-state index contributed by atoms with van der Waals surface area (Å²) in [7, 11) is 5.85. The summed E-state index contributed by atoms with van der Waals surface area (Å²) in [5.41, 5.74) is 16.3. The minimum absolute atomic E-state index is 0. The van der Waals surface area contributed by atoms with Crippen molar-refractivity contribution in [2.75, 3.05) is 80.1 Å². The van der Waals surface area contributed by atoms with E-state index in [0.29, 0.717) is 57.7 Å². The fourth-order valence-corrected chi connectivity index (χ4v) is 13.5. The smallest absolute Gasteiger partial charge is 0.512 e. The molecule has 9 aromatic heterocycles. The number of pyridine rings is 5. The summed E-state index contributed by atoms with van der Waals surface area (Å²) in [6, 6.07) is 24.6. The second-order valence-electron chi connectivity index (χ2n) is 34.4. The average Bonchev–Trinajstić information content (AvgIpc) is 0.771. The van der Waals surface area contributed by atoms with E-state index in [2.05, 4.69) is 193 Å². The van der Waals surface area contributed by atoms with Crippen molar-refractivity contribution in [1.29, 1.82) is 10.5 Å². The molecule has 0 aliphatic carbocycles. The van der Waals surface area contributed by atoms with E-state index in [0.717, 1.165) is 159 Å². The van der Waals surface area contributed by atoms with Gasteiger partial charge in [-0.15, -0.1) is 12.4 Å². The van der Waals surface area contributed by atoms with Crippen molar-refractivity contribution < 1.29 is 31.4 Å². The maximum Gasteiger partial charge on any atom is 1.00 e. The summed E-state index contributed by atoms with van der Waals surface area (Å²) >= 11 is 5.58. The zero-order valence-electron chi connectivity index (χ0n) is 73.4. The first-order valence-electron chi connectivity index (χ1n) is 40.0. The first-order valence-corrected chi connectivity index (χ1v) is 43.0.